The van der Waals surface area contributed by atoms with E-state index in [1.807, 2.05) is 0 Å². The zero-order valence-electron chi connectivity index (χ0n) is 9.29. The molecule has 0 aromatic rings. The number of nitrogens with one attached hydrogen (secondary N) is 1. The molecular weight excluding hydrogens is 200 g/mol. The van der Waals surface area contributed by atoms with Gasteiger partial charge in [0.2, 0.25) is 10.0 Å². The van der Waals surface area contributed by atoms with E-state index < -0.39 is 10.0 Å². The van der Waals surface area contributed by atoms with E-state index in [0.29, 0.717) is 19.0 Å². The van der Waals surface area contributed by atoms with E-state index in [1.165, 1.54) is 0 Å². The molecule has 5 heteroatoms. The summed E-state index contributed by atoms with van der Waals surface area (Å²) in [5.74, 6) is 0.471. The molecule has 0 saturated heterocycles. The Morgan fingerprint density at radius 2 is 1.86 bits per heavy atom. The van der Waals surface area contributed by atoms with Gasteiger partial charge in [-0.15, -0.1) is 0 Å². The third-order valence-electron chi connectivity index (χ3n) is 2.20. The van der Waals surface area contributed by atoms with Crippen LogP contribution in [0.1, 0.15) is 33.6 Å². The van der Waals surface area contributed by atoms with Crippen molar-refractivity contribution in [2.45, 2.75) is 38.9 Å². The van der Waals surface area contributed by atoms with Gasteiger partial charge in [0, 0.05) is 6.54 Å². The van der Waals surface area contributed by atoms with Gasteiger partial charge in [0.05, 0.1) is 5.25 Å². The lowest BCUT2D eigenvalue weighted by molar-refractivity contribution is 0.512. The second kappa shape index (κ2) is 6.37. The third kappa shape index (κ3) is 5.57. The van der Waals surface area contributed by atoms with Crippen LogP contribution in [0, 0.1) is 5.92 Å². The number of hydrogen-bond acceptors (Lipinski definition) is 3. The van der Waals surface area contributed by atoms with Crippen molar-refractivity contribution in [3.05, 3.63) is 0 Å². The van der Waals surface area contributed by atoms with Crippen molar-refractivity contribution in [3.8, 4) is 0 Å². The van der Waals surface area contributed by atoms with Crippen molar-refractivity contribution in [3.63, 3.8) is 0 Å². The van der Waals surface area contributed by atoms with E-state index in [-0.39, 0.29) is 5.25 Å². The van der Waals surface area contributed by atoms with Gasteiger partial charge in [-0.05, 0) is 39.2 Å². The molecule has 14 heavy (non-hydrogen) atoms. The summed E-state index contributed by atoms with van der Waals surface area (Å²) in [5, 5.41) is -0.352. The lowest BCUT2D eigenvalue weighted by Gasteiger charge is -2.11. The summed E-state index contributed by atoms with van der Waals surface area (Å²) in [5.41, 5.74) is 5.45. The molecule has 0 saturated carbocycles. The van der Waals surface area contributed by atoms with Crippen molar-refractivity contribution in [2.24, 2.45) is 11.7 Å². The molecule has 0 aliphatic heterocycles. The molecule has 1 atom stereocenters. The Morgan fingerprint density at radius 1 is 1.29 bits per heavy atom. The monoisotopic (exact) mass is 222 g/mol. The van der Waals surface area contributed by atoms with Gasteiger partial charge in [-0.2, -0.15) is 0 Å². The highest BCUT2D eigenvalue weighted by Crippen LogP contribution is 2.03. The Balaban J connectivity index is 3.65. The summed E-state index contributed by atoms with van der Waals surface area (Å²) in [4.78, 5) is 0. The minimum Gasteiger partial charge on any atom is -0.330 e. The van der Waals surface area contributed by atoms with Gasteiger partial charge >= 0.3 is 0 Å². The Labute approximate surface area is 87.3 Å². The van der Waals surface area contributed by atoms with E-state index >= 15 is 0 Å². The van der Waals surface area contributed by atoms with E-state index in [4.69, 9.17) is 5.73 Å². The molecular formula is C9H22N2O2S. The molecule has 0 rings (SSSR count). The van der Waals surface area contributed by atoms with Crippen LogP contribution >= 0.6 is 0 Å². The number of nitrogens with two attached hydrogens (primary N) is 1. The molecule has 0 heterocycles. The van der Waals surface area contributed by atoms with Crippen molar-refractivity contribution in [1.82, 2.24) is 4.72 Å². The van der Waals surface area contributed by atoms with Crippen molar-refractivity contribution >= 4 is 10.0 Å². The van der Waals surface area contributed by atoms with Gasteiger partial charge in [-0.3, -0.25) is 0 Å². The second-order valence-corrected chi connectivity index (χ2v) is 6.29. The summed E-state index contributed by atoms with van der Waals surface area (Å²) in [7, 11) is -3.08. The van der Waals surface area contributed by atoms with Crippen LogP contribution in [0.3, 0.4) is 0 Å². The van der Waals surface area contributed by atoms with E-state index in [0.717, 1.165) is 12.8 Å². The van der Waals surface area contributed by atoms with Crippen molar-refractivity contribution in [2.75, 3.05) is 13.1 Å². The first-order chi connectivity index (χ1) is 6.40. The maximum atomic E-state index is 11.3. The molecule has 0 radical (unpaired) electrons. The highest BCUT2D eigenvalue weighted by Gasteiger charge is 2.14. The van der Waals surface area contributed by atoms with Crippen molar-refractivity contribution in [1.29, 1.82) is 0 Å². The molecule has 1 unspecified atom stereocenters. The van der Waals surface area contributed by atoms with Crippen LogP contribution in [0.4, 0.5) is 0 Å². The smallest absolute Gasteiger partial charge is 0.213 e. The fraction of sp³-hybridized carbons (Fsp3) is 1.00. The Kier molecular flexibility index (Phi) is 6.31. The molecule has 0 aromatic heterocycles. The standard InChI is InChI=1S/C9H22N2O2S/c1-8(2)14(12,13)11-6-4-5-9(3)7-10/h8-9,11H,4-7,10H2,1-3H3. The van der Waals surface area contributed by atoms with Crippen LogP contribution < -0.4 is 10.5 Å². The minimum atomic E-state index is -3.08. The fourth-order valence-electron chi connectivity index (χ4n) is 0.949. The molecule has 0 amide bonds. The molecule has 0 aliphatic carbocycles. The van der Waals surface area contributed by atoms with Crippen LogP contribution in [-0.2, 0) is 10.0 Å². The second-order valence-electron chi connectivity index (χ2n) is 3.97. The van der Waals surface area contributed by atoms with Crippen LogP contribution in [0.15, 0.2) is 0 Å². The van der Waals surface area contributed by atoms with Gasteiger partial charge in [0.25, 0.3) is 0 Å². The molecule has 0 aromatic carbocycles. The molecule has 3 N–H and O–H groups in total. The van der Waals surface area contributed by atoms with Gasteiger partial charge in [0.1, 0.15) is 0 Å². The molecule has 0 bridgehead atoms. The Hall–Kier alpha value is -0.130. The van der Waals surface area contributed by atoms with E-state index in [9.17, 15) is 8.42 Å². The lowest BCUT2D eigenvalue weighted by atomic mass is 10.1. The number of rotatable bonds is 7. The van der Waals surface area contributed by atoms with Crippen LogP contribution in [0.25, 0.3) is 0 Å². The summed E-state index contributed by atoms with van der Waals surface area (Å²) >= 11 is 0. The van der Waals surface area contributed by atoms with Crippen LogP contribution in [0.2, 0.25) is 0 Å². The molecule has 0 fully saturated rings. The van der Waals surface area contributed by atoms with E-state index in [2.05, 4.69) is 11.6 Å². The molecule has 0 spiro atoms. The maximum absolute atomic E-state index is 11.3. The predicted octanol–water partition coefficient (Wildman–Crippen LogP) is 0.689. The summed E-state index contributed by atoms with van der Waals surface area (Å²) in [6.45, 7) is 6.59. The zero-order chi connectivity index (χ0) is 11.2. The number of sulfonamides is 1. The van der Waals surface area contributed by atoms with Gasteiger partial charge in [0.15, 0.2) is 0 Å². The van der Waals surface area contributed by atoms with Gasteiger partial charge in [-0.1, -0.05) is 6.92 Å². The summed E-state index contributed by atoms with van der Waals surface area (Å²) in [6, 6.07) is 0. The Bertz CT molecular complexity index is 237. The Morgan fingerprint density at radius 3 is 2.29 bits per heavy atom. The normalized spacial score (nSPS) is 14.6. The average molecular weight is 222 g/mol. The summed E-state index contributed by atoms with van der Waals surface area (Å²) < 4.78 is 25.2. The number of hydrogen-bond donors (Lipinski definition) is 2. The van der Waals surface area contributed by atoms with Gasteiger partial charge < -0.3 is 5.73 Å². The van der Waals surface area contributed by atoms with Crippen molar-refractivity contribution < 1.29 is 8.42 Å². The fourth-order valence-corrected chi connectivity index (χ4v) is 1.71. The quantitative estimate of drug-likeness (QED) is 0.622. The highest BCUT2D eigenvalue weighted by molar-refractivity contribution is 7.90. The maximum Gasteiger partial charge on any atom is 0.213 e. The minimum absolute atomic E-state index is 0.352. The SMILES string of the molecule is CC(CN)CCCNS(=O)(=O)C(C)C. The van der Waals surface area contributed by atoms with E-state index in [1.54, 1.807) is 13.8 Å². The zero-order valence-corrected chi connectivity index (χ0v) is 10.1. The molecule has 4 nitrogen and oxygen atoms in total. The van der Waals surface area contributed by atoms with Gasteiger partial charge in [-0.25, -0.2) is 13.1 Å². The molecule has 86 valence electrons. The predicted molar refractivity (Wildman–Crippen MR) is 59.5 cm³/mol. The lowest BCUT2D eigenvalue weighted by Crippen LogP contribution is -2.31. The molecule has 0 aliphatic rings. The first-order valence-electron chi connectivity index (χ1n) is 5.08. The first-order valence-corrected chi connectivity index (χ1v) is 6.63. The van der Waals surface area contributed by atoms with Crippen LogP contribution in [-0.4, -0.2) is 26.8 Å². The highest BCUT2D eigenvalue weighted by atomic mass is 32.2. The summed E-state index contributed by atoms with van der Waals surface area (Å²) in [6.07, 6.45) is 1.82. The topological polar surface area (TPSA) is 72.2 Å². The average Bonchev–Trinajstić information content (AvgIpc) is 2.11. The largest absolute Gasteiger partial charge is 0.330 e. The van der Waals surface area contributed by atoms with Crippen LogP contribution in [0.5, 0.6) is 0 Å². The first kappa shape index (κ1) is 13.9. The third-order valence-corrected chi connectivity index (χ3v) is 4.05.